The van der Waals surface area contributed by atoms with E-state index in [1.165, 1.54) is 7.11 Å². The van der Waals surface area contributed by atoms with Crippen LogP contribution in [0.25, 0.3) is 0 Å². The largest absolute Gasteiger partial charge is 0.496 e. The lowest BCUT2D eigenvalue weighted by Gasteiger charge is -2.06. The molecule has 1 aromatic carbocycles. The number of aromatic nitrogens is 3. The molecule has 0 fully saturated rings. The van der Waals surface area contributed by atoms with Crippen LogP contribution in [0.3, 0.4) is 0 Å². The van der Waals surface area contributed by atoms with Crippen LogP contribution in [0.15, 0.2) is 29.0 Å². The smallest absolute Gasteiger partial charge is 0.492 e. The summed E-state index contributed by atoms with van der Waals surface area (Å²) in [6.45, 7) is -0.179. The lowest BCUT2D eigenvalue weighted by molar-refractivity contribution is -0.394. The van der Waals surface area contributed by atoms with Gasteiger partial charge in [-0.15, -0.1) is 0 Å². The van der Waals surface area contributed by atoms with Gasteiger partial charge in [0.05, 0.1) is 12.7 Å². The van der Waals surface area contributed by atoms with E-state index < -0.39 is 10.9 Å². The van der Waals surface area contributed by atoms with E-state index in [1.807, 2.05) is 0 Å². The van der Waals surface area contributed by atoms with Gasteiger partial charge in [0.1, 0.15) is 12.3 Å². The number of hydrogen-bond acceptors (Lipinski definition) is 6. The fourth-order valence-electron chi connectivity index (χ4n) is 1.59. The predicted molar refractivity (Wildman–Crippen MR) is 71.7 cm³/mol. The van der Waals surface area contributed by atoms with E-state index in [9.17, 15) is 14.9 Å². The second-order valence-electron chi connectivity index (χ2n) is 3.72. The minimum absolute atomic E-state index is 0.118. The van der Waals surface area contributed by atoms with Crippen molar-refractivity contribution >= 4 is 27.7 Å². The standard InChI is InChI=1S/C11H9BrN4O4/c1-20-9-5-3-2-4-7(9)8(17)6-15-10(12)13-11(14-15)16(18)19/h2-5H,6H2,1H3. The van der Waals surface area contributed by atoms with Crippen molar-refractivity contribution in [1.29, 1.82) is 0 Å². The molecule has 1 aromatic heterocycles. The lowest BCUT2D eigenvalue weighted by atomic mass is 10.1. The van der Waals surface area contributed by atoms with Gasteiger partial charge in [-0.25, -0.2) is 0 Å². The first-order valence-corrected chi connectivity index (χ1v) is 6.23. The predicted octanol–water partition coefficient (Wildman–Crippen LogP) is 1.84. The average molecular weight is 341 g/mol. The molecule has 0 unspecified atom stereocenters. The molecule has 2 aromatic rings. The summed E-state index contributed by atoms with van der Waals surface area (Å²) in [6.07, 6.45) is 0. The van der Waals surface area contributed by atoms with Crippen molar-refractivity contribution in [2.75, 3.05) is 7.11 Å². The normalized spacial score (nSPS) is 10.3. The Morgan fingerprint density at radius 3 is 2.80 bits per heavy atom. The summed E-state index contributed by atoms with van der Waals surface area (Å²) in [6, 6.07) is 6.72. The molecule has 0 atom stereocenters. The molecule has 1 heterocycles. The summed E-state index contributed by atoms with van der Waals surface area (Å²) in [5.41, 5.74) is 0.375. The van der Waals surface area contributed by atoms with Gasteiger partial charge in [-0.2, -0.15) is 4.68 Å². The van der Waals surface area contributed by atoms with Gasteiger partial charge in [-0.05, 0) is 22.0 Å². The molecule has 104 valence electrons. The zero-order valence-corrected chi connectivity index (χ0v) is 11.9. The Balaban J connectivity index is 2.26. The van der Waals surface area contributed by atoms with E-state index in [0.717, 1.165) is 4.68 Å². The highest BCUT2D eigenvalue weighted by Gasteiger charge is 2.22. The summed E-state index contributed by atoms with van der Waals surface area (Å²) in [7, 11) is 1.46. The molecular weight excluding hydrogens is 332 g/mol. The number of hydrogen-bond donors (Lipinski definition) is 0. The van der Waals surface area contributed by atoms with Gasteiger partial charge < -0.3 is 14.9 Å². The Bertz CT molecular complexity index is 670. The van der Waals surface area contributed by atoms with Gasteiger partial charge in [-0.3, -0.25) is 4.79 Å². The van der Waals surface area contributed by atoms with E-state index in [1.54, 1.807) is 24.3 Å². The summed E-state index contributed by atoms with van der Waals surface area (Å²) in [4.78, 5) is 25.6. The fourth-order valence-corrected chi connectivity index (χ4v) is 1.95. The number of carbonyl (C=O) groups excluding carboxylic acids is 1. The highest BCUT2D eigenvalue weighted by Crippen LogP contribution is 2.19. The zero-order valence-electron chi connectivity index (χ0n) is 10.3. The monoisotopic (exact) mass is 340 g/mol. The molecule has 9 heteroatoms. The first-order chi connectivity index (χ1) is 9.52. The third-order valence-corrected chi connectivity index (χ3v) is 3.07. The SMILES string of the molecule is COc1ccccc1C(=O)Cn1nc([N+](=O)[O-])nc1Br. The molecule has 0 bridgehead atoms. The average Bonchev–Trinajstić information content (AvgIpc) is 2.80. The molecule has 20 heavy (non-hydrogen) atoms. The Morgan fingerprint density at radius 2 is 2.20 bits per heavy atom. The number of benzene rings is 1. The van der Waals surface area contributed by atoms with Crippen LogP contribution in [0.4, 0.5) is 5.95 Å². The van der Waals surface area contributed by atoms with Crippen molar-refractivity contribution in [1.82, 2.24) is 14.8 Å². The van der Waals surface area contributed by atoms with Gasteiger partial charge >= 0.3 is 5.95 Å². The molecule has 0 saturated carbocycles. The zero-order chi connectivity index (χ0) is 14.7. The van der Waals surface area contributed by atoms with Crippen LogP contribution in [0.2, 0.25) is 0 Å². The summed E-state index contributed by atoms with van der Waals surface area (Å²) < 4.78 is 6.33. The second-order valence-corrected chi connectivity index (χ2v) is 4.43. The number of nitro groups is 1. The maximum atomic E-state index is 12.2. The Hall–Kier alpha value is -2.29. The topological polar surface area (TPSA) is 100 Å². The Morgan fingerprint density at radius 1 is 1.50 bits per heavy atom. The van der Waals surface area contributed by atoms with E-state index in [-0.39, 0.29) is 17.1 Å². The van der Waals surface area contributed by atoms with Crippen LogP contribution < -0.4 is 4.74 Å². The second kappa shape index (κ2) is 5.78. The van der Waals surface area contributed by atoms with E-state index in [4.69, 9.17) is 4.74 Å². The number of ketones is 1. The minimum atomic E-state index is -0.727. The Kier molecular flexibility index (Phi) is 4.08. The molecule has 0 spiro atoms. The molecule has 0 N–H and O–H groups in total. The number of nitrogens with zero attached hydrogens (tertiary/aromatic N) is 4. The number of halogens is 1. The van der Waals surface area contributed by atoms with Crippen molar-refractivity contribution in [2.45, 2.75) is 6.54 Å². The summed E-state index contributed by atoms with van der Waals surface area (Å²) >= 11 is 3.02. The van der Waals surface area contributed by atoms with Crippen LogP contribution in [-0.4, -0.2) is 32.6 Å². The maximum Gasteiger partial charge on any atom is 0.492 e. The van der Waals surface area contributed by atoms with E-state index in [0.29, 0.717) is 11.3 Å². The van der Waals surface area contributed by atoms with Gasteiger partial charge in [0, 0.05) is 21.0 Å². The number of carbonyl (C=O) groups is 1. The molecule has 0 radical (unpaired) electrons. The first kappa shape index (κ1) is 14.1. The molecule has 8 nitrogen and oxygen atoms in total. The molecule has 0 aliphatic carbocycles. The van der Waals surface area contributed by atoms with Gasteiger partial charge in [0.2, 0.25) is 0 Å². The maximum absolute atomic E-state index is 12.2. The number of methoxy groups -OCH3 is 1. The minimum Gasteiger partial charge on any atom is -0.496 e. The molecule has 0 aliphatic rings. The van der Waals surface area contributed by atoms with Crippen LogP contribution >= 0.6 is 15.9 Å². The fraction of sp³-hybridized carbons (Fsp3) is 0.182. The summed E-state index contributed by atoms with van der Waals surface area (Å²) in [5, 5.41) is 14.2. The molecule has 0 amide bonds. The van der Waals surface area contributed by atoms with Crippen molar-refractivity contribution in [3.63, 3.8) is 0 Å². The number of Topliss-reactive ketones (excluding diaryl/α,β-unsaturated/α-hetero) is 1. The van der Waals surface area contributed by atoms with Gasteiger partial charge in [0.15, 0.2) is 5.78 Å². The number of rotatable bonds is 5. The molecule has 2 rings (SSSR count). The quantitative estimate of drug-likeness (QED) is 0.467. The van der Waals surface area contributed by atoms with Crippen LogP contribution in [-0.2, 0) is 6.54 Å². The van der Waals surface area contributed by atoms with E-state index in [2.05, 4.69) is 26.0 Å². The highest BCUT2D eigenvalue weighted by atomic mass is 79.9. The van der Waals surface area contributed by atoms with Crippen molar-refractivity contribution in [3.05, 3.63) is 44.7 Å². The first-order valence-electron chi connectivity index (χ1n) is 5.44. The van der Waals surface area contributed by atoms with Crippen molar-refractivity contribution in [3.8, 4) is 5.75 Å². The number of ether oxygens (including phenoxy) is 1. The van der Waals surface area contributed by atoms with Crippen LogP contribution in [0, 0.1) is 10.1 Å². The highest BCUT2D eigenvalue weighted by molar-refractivity contribution is 9.10. The van der Waals surface area contributed by atoms with Crippen LogP contribution in [0.5, 0.6) is 5.75 Å². The van der Waals surface area contributed by atoms with Gasteiger partial charge in [-0.1, -0.05) is 12.1 Å². The molecule has 0 aliphatic heterocycles. The van der Waals surface area contributed by atoms with Crippen molar-refractivity contribution < 1.29 is 14.5 Å². The number of para-hydroxylation sites is 1. The third-order valence-electron chi connectivity index (χ3n) is 2.48. The van der Waals surface area contributed by atoms with Crippen molar-refractivity contribution in [2.24, 2.45) is 0 Å². The molecular formula is C11H9BrN4O4. The van der Waals surface area contributed by atoms with Crippen LogP contribution in [0.1, 0.15) is 10.4 Å². The summed E-state index contributed by atoms with van der Waals surface area (Å²) in [5.74, 6) is -0.420. The lowest BCUT2D eigenvalue weighted by Crippen LogP contribution is -2.13. The Labute approximate surface area is 121 Å². The van der Waals surface area contributed by atoms with E-state index >= 15 is 0 Å². The molecule has 0 saturated heterocycles. The third kappa shape index (κ3) is 2.82. The van der Waals surface area contributed by atoms with Gasteiger partial charge in [0.25, 0.3) is 4.73 Å².